The molecule has 6 nitrogen and oxygen atoms in total. The highest BCUT2D eigenvalue weighted by Gasteiger charge is 2.30. The minimum Gasteiger partial charge on any atom is -0.371 e. The quantitative estimate of drug-likeness (QED) is 0.0923. The standard InChI is InChI=1S/C27H59NO5P2/c1-20(2)29-25(30-21(3)4)11-15-34-17-13-27(19-28,33-24(9)10)14-18-35-16-12-26(31-22(5)6)32-23(7)8/h20-26,34-35H,11-19,28H2,1-10H3. The van der Waals surface area contributed by atoms with Crippen molar-refractivity contribution >= 4 is 17.2 Å². The Kier molecular flexibility index (Phi) is 20.9. The topological polar surface area (TPSA) is 72.2 Å². The Hall–Kier alpha value is 0.620. The monoisotopic (exact) mass is 539 g/mol. The number of hydrogen-bond acceptors (Lipinski definition) is 6. The number of ether oxygens (including phenoxy) is 5. The van der Waals surface area contributed by atoms with Gasteiger partial charge in [-0.15, -0.1) is 17.2 Å². The molecule has 0 radical (unpaired) electrons. The zero-order valence-corrected chi connectivity index (χ0v) is 26.5. The van der Waals surface area contributed by atoms with Gasteiger partial charge in [0.15, 0.2) is 12.6 Å². The third-order valence-corrected chi connectivity index (χ3v) is 7.67. The van der Waals surface area contributed by atoms with Gasteiger partial charge in [-0.2, -0.15) is 0 Å². The summed E-state index contributed by atoms with van der Waals surface area (Å²) in [4.78, 5) is 0. The summed E-state index contributed by atoms with van der Waals surface area (Å²) < 4.78 is 30.2. The molecule has 0 bridgehead atoms. The number of nitrogens with two attached hydrogens (primary N) is 1. The second-order valence-corrected chi connectivity index (χ2v) is 13.7. The van der Waals surface area contributed by atoms with Crippen molar-refractivity contribution in [2.45, 2.75) is 144 Å². The Bertz CT molecular complexity index is 438. The lowest BCUT2D eigenvalue weighted by molar-refractivity contribution is -0.181. The van der Waals surface area contributed by atoms with E-state index in [9.17, 15) is 0 Å². The van der Waals surface area contributed by atoms with Crippen molar-refractivity contribution < 1.29 is 23.7 Å². The average molecular weight is 540 g/mol. The molecule has 0 rings (SSSR count). The summed E-state index contributed by atoms with van der Waals surface area (Å²) in [5.74, 6) is 0. The predicted molar refractivity (Wildman–Crippen MR) is 155 cm³/mol. The molecule has 0 spiro atoms. The molecule has 0 aliphatic rings. The van der Waals surface area contributed by atoms with Crippen LogP contribution in [0.25, 0.3) is 0 Å². The molecule has 2 N–H and O–H groups in total. The van der Waals surface area contributed by atoms with Gasteiger partial charge < -0.3 is 29.4 Å². The second-order valence-electron chi connectivity index (χ2n) is 10.7. The third kappa shape index (κ3) is 20.3. The number of hydrogen-bond donors (Lipinski definition) is 1. The molecule has 0 aromatic heterocycles. The molecule has 2 atom stereocenters. The summed E-state index contributed by atoms with van der Waals surface area (Å²) in [7, 11) is 1.72. The minimum absolute atomic E-state index is 0.113. The molecule has 0 heterocycles. The Labute approximate surface area is 221 Å². The highest BCUT2D eigenvalue weighted by molar-refractivity contribution is 7.38. The highest BCUT2D eigenvalue weighted by Crippen LogP contribution is 2.30. The third-order valence-electron chi connectivity index (χ3n) is 5.18. The summed E-state index contributed by atoms with van der Waals surface area (Å²) >= 11 is 0. The van der Waals surface area contributed by atoms with E-state index in [4.69, 9.17) is 29.4 Å². The molecule has 0 fully saturated rings. The fraction of sp³-hybridized carbons (Fsp3) is 1.00. The van der Waals surface area contributed by atoms with E-state index in [1.54, 1.807) is 0 Å². The van der Waals surface area contributed by atoms with E-state index < -0.39 is 0 Å². The molecule has 0 aromatic carbocycles. The van der Waals surface area contributed by atoms with Crippen LogP contribution in [-0.4, -0.2) is 79.9 Å². The Morgan fingerprint density at radius 3 is 1.14 bits per heavy atom. The first-order valence-corrected chi connectivity index (χ1v) is 16.6. The zero-order chi connectivity index (χ0) is 26.9. The fourth-order valence-corrected chi connectivity index (χ4v) is 6.51. The Morgan fingerprint density at radius 2 is 0.886 bits per heavy atom. The van der Waals surface area contributed by atoms with E-state index >= 15 is 0 Å². The second kappa shape index (κ2) is 20.6. The fourth-order valence-electron chi connectivity index (χ4n) is 3.87. The molecule has 0 aliphatic heterocycles. The Balaban J connectivity index is 4.58. The lowest BCUT2D eigenvalue weighted by atomic mass is 9.97. The van der Waals surface area contributed by atoms with Gasteiger partial charge in [-0.3, -0.25) is 0 Å². The molecule has 0 saturated heterocycles. The van der Waals surface area contributed by atoms with Gasteiger partial charge in [-0.1, -0.05) is 0 Å². The van der Waals surface area contributed by atoms with Crippen molar-refractivity contribution in [1.29, 1.82) is 0 Å². The normalized spacial score (nSPS) is 15.3. The van der Waals surface area contributed by atoms with Gasteiger partial charge in [0.25, 0.3) is 0 Å². The van der Waals surface area contributed by atoms with Crippen molar-refractivity contribution in [2.24, 2.45) is 5.73 Å². The molecule has 8 heteroatoms. The molecule has 0 aliphatic carbocycles. The molecule has 2 unspecified atom stereocenters. The summed E-state index contributed by atoms with van der Waals surface area (Å²) in [6.07, 6.45) is 9.06. The van der Waals surface area contributed by atoms with Crippen molar-refractivity contribution in [3.63, 3.8) is 0 Å². The van der Waals surface area contributed by atoms with Gasteiger partial charge in [0.05, 0.1) is 36.1 Å². The van der Waals surface area contributed by atoms with Crippen LogP contribution in [0.15, 0.2) is 0 Å². The maximum Gasteiger partial charge on any atom is 0.158 e. The SMILES string of the molecule is CC(C)OC(CCPCCC(CN)(CCPCCC(OC(C)C)OC(C)C)OC(C)C)OC(C)C. The first-order valence-electron chi connectivity index (χ1n) is 13.8. The van der Waals surface area contributed by atoms with E-state index in [1.165, 1.54) is 0 Å². The Morgan fingerprint density at radius 1 is 0.543 bits per heavy atom. The summed E-state index contributed by atoms with van der Waals surface area (Å²) in [6, 6.07) is 0. The molecular weight excluding hydrogens is 480 g/mol. The average Bonchev–Trinajstić information content (AvgIpc) is 2.70. The minimum atomic E-state index is -0.224. The molecule has 212 valence electrons. The lowest BCUT2D eigenvalue weighted by Gasteiger charge is -2.35. The molecule has 35 heavy (non-hydrogen) atoms. The van der Waals surface area contributed by atoms with Crippen LogP contribution in [0, 0.1) is 0 Å². The molecule has 0 saturated carbocycles. The van der Waals surface area contributed by atoms with Crippen LogP contribution in [0.3, 0.4) is 0 Å². The maximum atomic E-state index is 6.44. The molecule has 0 aromatic rings. The smallest absolute Gasteiger partial charge is 0.158 e. The van der Waals surface area contributed by atoms with E-state index in [0.29, 0.717) is 6.54 Å². The van der Waals surface area contributed by atoms with Gasteiger partial charge in [-0.25, -0.2) is 0 Å². The van der Waals surface area contributed by atoms with E-state index in [1.807, 2.05) is 0 Å². The summed E-state index contributed by atoms with van der Waals surface area (Å²) in [5, 5.41) is 0. The van der Waals surface area contributed by atoms with Gasteiger partial charge in [0, 0.05) is 19.4 Å². The number of rotatable bonds is 23. The van der Waals surface area contributed by atoms with Crippen LogP contribution >= 0.6 is 17.2 Å². The van der Waals surface area contributed by atoms with Crippen LogP contribution in [-0.2, 0) is 23.7 Å². The van der Waals surface area contributed by atoms with Crippen molar-refractivity contribution in [3.8, 4) is 0 Å². The lowest BCUT2D eigenvalue weighted by Crippen LogP contribution is -2.43. The summed E-state index contributed by atoms with van der Waals surface area (Å²) in [5.41, 5.74) is 6.08. The van der Waals surface area contributed by atoms with Gasteiger partial charge >= 0.3 is 0 Å². The van der Waals surface area contributed by atoms with Gasteiger partial charge in [0.2, 0.25) is 0 Å². The van der Waals surface area contributed by atoms with Crippen LogP contribution in [0.5, 0.6) is 0 Å². The van der Waals surface area contributed by atoms with Gasteiger partial charge in [-0.05, 0) is 107 Å². The van der Waals surface area contributed by atoms with E-state index in [-0.39, 0.29) is 48.7 Å². The zero-order valence-electron chi connectivity index (χ0n) is 24.5. The predicted octanol–water partition coefficient (Wildman–Crippen LogP) is 6.38. The first-order chi connectivity index (χ1) is 16.4. The molecular formula is C27H59NO5P2. The van der Waals surface area contributed by atoms with Crippen LogP contribution in [0.2, 0.25) is 0 Å². The van der Waals surface area contributed by atoms with Crippen LogP contribution in [0.1, 0.15) is 94.9 Å². The molecule has 0 amide bonds. The van der Waals surface area contributed by atoms with E-state index in [2.05, 4.69) is 69.2 Å². The van der Waals surface area contributed by atoms with Crippen LogP contribution < -0.4 is 5.73 Å². The highest BCUT2D eigenvalue weighted by atomic mass is 31.1. The largest absolute Gasteiger partial charge is 0.371 e. The van der Waals surface area contributed by atoms with Crippen molar-refractivity contribution in [3.05, 3.63) is 0 Å². The summed E-state index contributed by atoms with van der Waals surface area (Å²) in [6.45, 7) is 21.3. The maximum absolute atomic E-state index is 6.44. The van der Waals surface area contributed by atoms with Gasteiger partial charge in [0.1, 0.15) is 0 Å². The van der Waals surface area contributed by atoms with Crippen LogP contribution in [0.4, 0.5) is 0 Å². The van der Waals surface area contributed by atoms with Crippen molar-refractivity contribution in [2.75, 3.05) is 31.2 Å². The van der Waals surface area contributed by atoms with E-state index in [0.717, 1.165) is 67.5 Å². The first kappa shape index (κ1) is 35.6. The van der Waals surface area contributed by atoms with Crippen molar-refractivity contribution in [1.82, 2.24) is 0 Å².